The first-order valence-electron chi connectivity index (χ1n) is 11.3. The Kier molecular flexibility index (Phi) is 8.27. The highest BCUT2D eigenvalue weighted by molar-refractivity contribution is 7.92. The lowest BCUT2D eigenvalue weighted by molar-refractivity contribution is -0.115. The maximum atomic E-state index is 12.2. The molecule has 3 N–H and O–H groups in total. The fourth-order valence-corrected chi connectivity index (χ4v) is 4.71. The molecule has 0 fully saturated rings. The van der Waals surface area contributed by atoms with Crippen molar-refractivity contribution in [3.8, 4) is 0 Å². The van der Waals surface area contributed by atoms with Crippen LogP contribution in [0.1, 0.15) is 44.2 Å². The van der Waals surface area contributed by atoms with Crippen LogP contribution in [-0.4, -0.2) is 31.6 Å². The van der Waals surface area contributed by atoms with Crippen LogP contribution in [0, 0.1) is 6.92 Å². The Morgan fingerprint density at radius 3 is 2.42 bits per heavy atom. The number of rotatable bonds is 11. The minimum absolute atomic E-state index is 0.00295. The van der Waals surface area contributed by atoms with E-state index in [1.165, 1.54) is 0 Å². The van der Waals surface area contributed by atoms with Gasteiger partial charge >= 0.3 is 0 Å². The molecule has 7 nitrogen and oxygen atoms in total. The molecule has 0 atom stereocenters. The molecule has 3 rings (SSSR count). The number of hydrogen-bond donors (Lipinski definition) is 3. The van der Waals surface area contributed by atoms with Gasteiger partial charge in [0.15, 0.2) is 0 Å². The van der Waals surface area contributed by atoms with Gasteiger partial charge < -0.3 is 10.6 Å². The number of nitrogens with one attached hydrogen (secondary N) is 3. The average Bonchev–Trinajstić information content (AvgIpc) is 2.79. The molecule has 176 valence electrons. The molecule has 0 bridgehead atoms. The zero-order valence-electron chi connectivity index (χ0n) is 19.4. The van der Waals surface area contributed by atoms with Gasteiger partial charge in [0.25, 0.3) is 0 Å². The third-order valence-corrected chi connectivity index (χ3v) is 6.71. The highest BCUT2D eigenvalue weighted by Crippen LogP contribution is 2.24. The summed E-state index contributed by atoms with van der Waals surface area (Å²) in [7, 11) is -3.34. The van der Waals surface area contributed by atoms with Crippen LogP contribution < -0.4 is 15.4 Å². The Morgan fingerprint density at radius 1 is 1.00 bits per heavy atom. The van der Waals surface area contributed by atoms with Crippen LogP contribution in [0.4, 0.5) is 17.2 Å². The number of nitrogens with zero attached hydrogens (tertiary/aromatic N) is 1. The van der Waals surface area contributed by atoms with E-state index in [0.29, 0.717) is 25.1 Å². The summed E-state index contributed by atoms with van der Waals surface area (Å²) in [6.45, 7) is 6.51. The van der Waals surface area contributed by atoms with Crippen LogP contribution in [0.5, 0.6) is 0 Å². The Balaban J connectivity index is 1.62. The molecule has 3 aromatic rings. The largest absolute Gasteiger partial charge is 0.370 e. The number of benzene rings is 2. The molecule has 2 aromatic carbocycles. The summed E-state index contributed by atoms with van der Waals surface area (Å²) in [5.74, 6) is 0.906. The molecular weight excluding hydrogens is 436 g/mol. The number of hydrogen-bond acceptors (Lipinski definition) is 5. The first kappa shape index (κ1) is 24.5. The first-order valence-corrected chi connectivity index (χ1v) is 13.0. The number of amides is 1. The van der Waals surface area contributed by atoms with Crippen molar-refractivity contribution in [2.75, 3.05) is 27.7 Å². The van der Waals surface area contributed by atoms with E-state index in [1.807, 2.05) is 63.2 Å². The second-order valence-corrected chi connectivity index (χ2v) is 9.95. The van der Waals surface area contributed by atoms with E-state index in [2.05, 4.69) is 20.3 Å². The number of carbonyl (C=O) groups is 1. The summed E-state index contributed by atoms with van der Waals surface area (Å²) in [5.41, 5.74) is 4.35. The Morgan fingerprint density at radius 2 is 1.73 bits per heavy atom. The summed E-state index contributed by atoms with van der Waals surface area (Å²) >= 11 is 0. The zero-order chi connectivity index (χ0) is 23.8. The quantitative estimate of drug-likeness (QED) is 0.364. The van der Waals surface area contributed by atoms with E-state index in [0.717, 1.165) is 46.4 Å². The van der Waals surface area contributed by atoms with Gasteiger partial charge in [0.2, 0.25) is 15.9 Å². The number of carbonyl (C=O) groups excluding carboxylic acids is 1. The summed E-state index contributed by atoms with van der Waals surface area (Å²) in [6.07, 6.45) is 2.75. The monoisotopic (exact) mass is 468 g/mol. The van der Waals surface area contributed by atoms with E-state index in [-0.39, 0.29) is 11.7 Å². The van der Waals surface area contributed by atoms with Gasteiger partial charge in [-0.05, 0) is 67.3 Å². The average molecular weight is 469 g/mol. The fraction of sp³-hybridized carbons (Fsp3) is 0.360. The van der Waals surface area contributed by atoms with E-state index in [1.54, 1.807) is 6.07 Å². The number of aromatic nitrogens is 1. The van der Waals surface area contributed by atoms with Gasteiger partial charge in [0.05, 0.1) is 11.3 Å². The number of fused-ring (bicyclic) bond motifs is 1. The SMILES string of the molecule is CCCCS(=O)(=O)Nc1ccc2nc(NCCc3ccc(NC(=O)CC)cc3)cc(C)c2c1. The van der Waals surface area contributed by atoms with Gasteiger partial charge in [-0.1, -0.05) is 32.4 Å². The van der Waals surface area contributed by atoms with Gasteiger partial charge in [-0.2, -0.15) is 0 Å². The lowest BCUT2D eigenvalue weighted by atomic mass is 10.1. The van der Waals surface area contributed by atoms with Gasteiger partial charge in [-0.25, -0.2) is 13.4 Å². The second-order valence-electron chi connectivity index (χ2n) is 8.11. The standard InChI is InChI=1S/C25H32N4O3S/c1-4-6-15-33(31,32)29-21-11-12-23-22(17-21)18(3)16-24(28-23)26-14-13-19-7-9-20(10-8-19)27-25(30)5-2/h7-12,16-17,29H,4-6,13-15H2,1-3H3,(H,26,28)(H,27,30). The normalized spacial score (nSPS) is 11.4. The van der Waals surface area contributed by atoms with Crippen LogP contribution in [0.2, 0.25) is 0 Å². The van der Waals surface area contributed by atoms with Crippen molar-refractivity contribution >= 4 is 44.0 Å². The van der Waals surface area contributed by atoms with Crippen molar-refractivity contribution in [3.05, 3.63) is 59.7 Å². The minimum Gasteiger partial charge on any atom is -0.370 e. The molecule has 1 aromatic heterocycles. The molecule has 0 aliphatic heterocycles. The first-order chi connectivity index (χ1) is 15.8. The summed E-state index contributed by atoms with van der Waals surface area (Å²) in [6, 6.07) is 15.2. The van der Waals surface area contributed by atoms with E-state index < -0.39 is 10.0 Å². The van der Waals surface area contributed by atoms with Crippen molar-refractivity contribution in [2.45, 2.75) is 46.5 Å². The number of anilines is 3. The molecule has 0 unspecified atom stereocenters. The van der Waals surface area contributed by atoms with Gasteiger partial charge in [0.1, 0.15) is 5.82 Å². The Bertz CT molecular complexity index is 1210. The predicted octanol–water partition coefficient (Wildman–Crippen LogP) is 5.09. The second kappa shape index (κ2) is 11.1. The molecule has 33 heavy (non-hydrogen) atoms. The Labute approximate surface area is 196 Å². The van der Waals surface area contributed by atoms with Crippen molar-refractivity contribution < 1.29 is 13.2 Å². The molecule has 0 radical (unpaired) electrons. The molecule has 1 amide bonds. The van der Waals surface area contributed by atoms with Crippen molar-refractivity contribution in [3.63, 3.8) is 0 Å². The maximum absolute atomic E-state index is 12.2. The maximum Gasteiger partial charge on any atom is 0.232 e. The summed E-state index contributed by atoms with van der Waals surface area (Å²) < 4.78 is 27.0. The van der Waals surface area contributed by atoms with Crippen LogP contribution in [0.15, 0.2) is 48.5 Å². The topological polar surface area (TPSA) is 100 Å². The molecule has 0 aliphatic rings. The molecule has 0 saturated heterocycles. The number of unbranched alkanes of at least 4 members (excludes halogenated alkanes) is 1. The van der Waals surface area contributed by atoms with Crippen molar-refractivity contribution in [1.82, 2.24) is 4.98 Å². The smallest absolute Gasteiger partial charge is 0.232 e. The minimum atomic E-state index is -3.34. The van der Waals surface area contributed by atoms with Gasteiger partial charge in [0, 0.05) is 29.7 Å². The summed E-state index contributed by atoms with van der Waals surface area (Å²) in [4.78, 5) is 16.1. The van der Waals surface area contributed by atoms with Gasteiger partial charge in [-0.15, -0.1) is 0 Å². The van der Waals surface area contributed by atoms with Crippen molar-refractivity contribution in [2.24, 2.45) is 0 Å². The highest BCUT2D eigenvalue weighted by Gasteiger charge is 2.11. The van der Waals surface area contributed by atoms with E-state index >= 15 is 0 Å². The number of aryl methyl sites for hydroxylation is 1. The fourth-order valence-electron chi connectivity index (χ4n) is 3.45. The van der Waals surface area contributed by atoms with Crippen LogP contribution >= 0.6 is 0 Å². The third-order valence-electron chi connectivity index (χ3n) is 5.33. The number of sulfonamides is 1. The molecule has 0 saturated carbocycles. The van der Waals surface area contributed by atoms with Gasteiger partial charge in [-0.3, -0.25) is 9.52 Å². The van der Waals surface area contributed by atoms with E-state index in [9.17, 15) is 13.2 Å². The molecular formula is C25H32N4O3S. The third kappa shape index (κ3) is 7.18. The number of pyridine rings is 1. The summed E-state index contributed by atoms with van der Waals surface area (Å²) in [5, 5.41) is 7.13. The van der Waals surface area contributed by atoms with Crippen molar-refractivity contribution in [1.29, 1.82) is 0 Å². The Hall–Kier alpha value is -3.13. The van der Waals surface area contributed by atoms with E-state index in [4.69, 9.17) is 0 Å². The molecule has 1 heterocycles. The van der Waals surface area contributed by atoms with Crippen LogP contribution in [-0.2, 0) is 21.2 Å². The predicted molar refractivity (Wildman–Crippen MR) is 136 cm³/mol. The molecule has 0 spiro atoms. The van der Waals surface area contributed by atoms with Crippen LogP contribution in [0.3, 0.4) is 0 Å². The molecule has 8 heteroatoms. The van der Waals surface area contributed by atoms with Crippen LogP contribution in [0.25, 0.3) is 10.9 Å². The lowest BCUT2D eigenvalue weighted by Gasteiger charge is -2.12. The lowest BCUT2D eigenvalue weighted by Crippen LogP contribution is -2.16. The zero-order valence-corrected chi connectivity index (χ0v) is 20.3. The highest BCUT2D eigenvalue weighted by atomic mass is 32.2. The molecule has 0 aliphatic carbocycles.